The number of carbonyl (C=O) groups is 1. The highest BCUT2D eigenvalue weighted by Crippen LogP contribution is 2.03. The number of hydrogen-bond acceptors (Lipinski definition) is 3. The van der Waals surface area contributed by atoms with Crippen LogP contribution < -0.4 is 5.32 Å². The summed E-state index contributed by atoms with van der Waals surface area (Å²) in [4.78, 5) is 10.8. The molecule has 0 aromatic heterocycles. The lowest BCUT2D eigenvalue weighted by molar-refractivity contribution is 0.105. The molecule has 0 aromatic rings. The van der Waals surface area contributed by atoms with Gasteiger partial charge in [0.1, 0.15) is 0 Å². The first-order valence-corrected chi connectivity index (χ1v) is 4.47. The minimum atomic E-state index is -0.377. The van der Waals surface area contributed by atoms with Crippen LogP contribution in [-0.2, 0) is 9.47 Å². The first kappa shape index (κ1) is 12.2. The fraction of sp³-hybridized carbons (Fsp3) is 0.889. The number of alkyl carbamates (subject to hydrolysis) is 1. The standard InChI is InChI=1S/C9H19NO3/c1-7(10-9(11)13-4)5-6-8(2)12-3/h7-8H,5-6H2,1-4H3,(H,10,11)/t7-,8+/m1/s1. The number of carbonyl (C=O) groups excluding carboxylic acids is 1. The third kappa shape index (κ3) is 6.40. The highest BCUT2D eigenvalue weighted by Gasteiger charge is 2.08. The van der Waals surface area contributed by atoms with Gasteiger partial charge < -0.3 is 14.8 Å². The molecule has 0 saturated carbocycles. The number of rotatable bonds is 5. The molecule has 0 rings (SSSR count). The van der Waals surface area contributed by atoms with E-state index in [1.807, 2.05) is 13.8 Å². The molecule has 0 saturated heterocycles. The number of ether oxygens (including phenoxy) is 2. The molecule has 0 aromatic carbocycles. The number of nitrogens with one attached hydrogen (secondary N) is 1. The Morgan fingerprint density at radius 2 is 1.92 bits per heavy atom. The molecule has 13 heavy (non-hydrogen) atoms. The van der Waals surface area contributed by atoms with Gasteiger partial charge in [0.05, 0.1) is 13.2 Å². The van der Waals surface area contributed by atoms with Gasteiger partial charge in [-0.1, -0.05) is 0 Å². The van der Waals surface area contributed by atoms with Gasteiger partial charge in [-0.05, 0) is 26.7 Å². The van der Waals surface area contributed by atoms with Gasteiger partial charge in [-0.15, -0.1) is 0 Å². The summed E-state index contributed by atoms with van der Waals surface area (Å²) < 4.78 is 9.56. The van der Waals surface area contributed by atoms with Gasteiger partial charge in [0.15, 0.2) is 0 Å². The van der Waals surface area contributed by atoms with Crippen molar-refractivity contribution in [3.05, 3.63) is 0 Å². The van der Waals surface area contributed by atoms with Crippen molar-refractivity contribution in [3.8, 4) is 0 Å². The van der Waals surface area contributed by atoms with E-state index in [1.165, 1.54) is 7.11 Å². The maximum absolute atomic E-state index is 10.8. The number of amides is 1. The average Bonchev–Trinajstić information content (AvgIpc) is 2.13. The summed E-state index contributed by atoms with van der Waals surface area (Å²) in [5, 5.41) is 2.69. The van der Waals surface area contributed by atoms with Gasteiger partial charge in [0.25, 0.3) is 0 Å². The summed E-state index contributed by atoms with van der Waals surface area (Å²) in [5.74, 6) is 0. The fourth-order valence-electron chi connectivity index (χ4n) is 0.935. The molecule has 0 radical (unpaired) electrons. The third-order valence-corrected chi connectivity index (χ3v) is 1.96. The van der Waals surface area contributed by atoms with Crippen molar-refractivity contribution in [2.24, 2.45) is 0 Å². The molecule has 0 aliphatic heterocycles. The van der Waals surface area contributed by atoms with Gasteiger partial charge >= 0.3 is 6.09 Å². The Morgan fingerprint density at radius 3 is 2.38 bits per heavy atom. The second-order valence-electron chi connectivity index (χ2n) is 3.16. The minimum Gasteiger partial charge on any atom is -0.453 e. The van der Waals surface area contributed by atoms with Crippen LogP contribution in [0.4, 0.5) is 4.79 Å². The second-order valence-corrected chi connectivity index (χ2v) is 3.16. The molecule has 0 unspecified atom stereocenters. The molecule has 2 atom stereocenters. The lowest BCUT2D eigenvalue weighted by Gasteiger charge is -2.15. The van der Waals surface area contributed by atoms with E-state index in [9.17, 15) is 4.79 Å². The maximum Gasteiger partial charge on any atom is 0.407 e. The normalized spacial score (nSPS) is 14.8. The molecule has 4 nitrogen and oxygen atoms in total. The molecule has 1 N–H and O–H groups in total. The predicted octanol–water partition coefficient (Wildman–Crippen LogP) is 1.55. The Kier molecular flexibility index (Phi) is 6.32. The van der Waals surface area contributed by atoms with E-state index in [0.717, 1.165) is 12.8 Å². The van der Waals surface area contributed by atoms with E-state index in [0.29, 0.717) is 0 Å². The van der Waals surface area contributed by atoms with Gasteiger partial charge in [-0.3, -0.25) is 0 Å². The molecule has 0 spiro atoms. The minimum absolute atomic E-state index is 0.130. The molecule has 78 valence electrons. The first-order valence-electron chi connectivity index (χ1n) is 4.47. The van der Waals surface area contributed by atoms with Crippen molar-refractivity contribution in [2.75, 3.05) is 14.2 Å². The molecule has 1 amide bonds. The second kappa shape index (κ2) is 6.71. The van der Waals surface area contributed by atoms with E-state index < -0.39 is 0 Å². The molecular weight excluding hydrogens is 170 g/mol. The summed E-state index contributed by atoms with van der Waals surface area (Å²) in [7, 11) is 3.04. The largest absolute Gasteiger partial charge is 0.453 e. The van der Waals surface area contributed by atoms with E-state index in [2.05, 4.69) is 10.1 Å². The molecule has 0 fully saturated rings. The molecule has 0 aliphatic carbocycles. The summed E-state index contributed by atoms with van der Waals surface area (Å²) >= 11 is 0. The molecular formula is C9H19NO3. The van der Waals surface area contributed by atoms with Crippen molar-refractivity contribution in [3.63, 3.8) is 0 Å². The van der Waals surface area contributed by atoms with Crippen LogP contribution in [0.2, 0.25) is 0 Å². The van der Waals surface area contributed by atoms with Crippen molar-refractivity contribution in [1.82, 2.24) is 5.32 Å². The lowest BCUT2D eigenvalue weighted by Crippen LogP contribution is -2.32. The molecule has 4 heteroatoms. The Labute approximate surface area is 79.6 Å². The number of methoxy groups -OCH3 is 2. The summed E-state index contributed by atoms with van der Waals surface area (Å²) in [5.41, 5.74) is 0. The third-order valence-electron chi connectivity index (χ3n) is 1.96. The Bertz CT molecular complexity index is 150. The zero-order valence-corrected chi connectivity index (χ0v) is 8.79. The van der Waals surface area contributed by atoms with Crippen LogP contribution in [0.25, 0.3) is 0 Å². The topological polar surface area (TPSA) is 47.6 Å². The molecule has 0 bridgehead atoms. The van der Waals surface area contributed by atoms with E-state index >= 15 is 0 Å². The van der Waals surface area contributed by atoms with Gasteiger partial charge in [0, 0.05) is 13.2 Å². The van der Waals surface area contributed by atoms with E-state index in [-0.39, 0.29) is 18.2 Å². The maximum atomic E-state index is 10.8. The van der Waals surface area contributed by atoms with Crippen molar-refractivity contribution < 1.29 is 14.3 Å². The monoisotopic (exact) mass is 189 g/mol. The fourth-order valence-corrected chi connectivity index (χ4v) is 0.935. The Balaban J connectivity index is 3.50. The van der Waals surface area contributed by atoms with Gasteiger partial charge in [-0.25, -0.2) is 4.79 Å². The summed E-state index contributed by atoms with van der Waals surface area (Å²) in [6.07, 6.45) is 1.69. The first-order chi connectivity index (χ1) is 6.10. The van der Waals surface area contributed by atoms with Crippen molar-refractivity contribution in [2.45, 2.75) is 38.8 Å². The van der Waals surface area contributed by atoms with Crippen LogP contribution in [0, 0.1) is 0 Å². The highest BCUT2D eigenvalue weighted by atomic mass is 16.5. The summed E-state index contributed by atoms with van der Waals surface area (Å²) in [6.45, 7) is 3.95. The Hall–Kier alpha value is -0.770. The van der Waals surface area contributed by atoms with Gasteiger partial charge in [-0.2, -0.15) is 0 Å². The van der Waals surface area contributed by atoms with Crippen LogP contribution in [0.1, 0.15) is 26.7 Å². The quantitative estimate of drug-likeness (QED) is 0.713. The van der Waals surface area contributed by atoms with Crippen molar-refractivity contribution in [1.29, 1.82) is 0 Å². The SMILES string of the molecule is COC(=O)N[C@H](C)CC[C@H](C)OC. The van der Waals surface area contributed by atoms with Crippen molar-refractivity contribution >= 4 is 6.09 Å². The average molecular weight is 189 g/mol. The zero-order valence-electron chi connectivity index (χ0n) is 8.79. The highest BCUT2D eigenvalue weighted by molar-refractivity contribution is 5.67. The zero-order chi connectivity index (χ0) is 10.3. The van der Waals surface area contributed by atoms with Crippen LogP contribution in [0.15, 0.2) is 0 Å². The molecule has 0 aliphatic rings. The van der Waals surface area contributed by atoms with E-state index in [1.54, 1.807) is 7.11 Å². The summed E-state index contributed by atoms with van der Waals surface area (Å²) in [6, 6.07) is 0.130. The van der Waals surface area contributed by atoms with Crippen LogP contribution in [0.5, 0.6) is 0 Å². The lowest BCUT2D eigenvalue weighted by atomic mass is 10.1. The predicted molar refractivity (Wildman–Crippen MR) is 50.7 cm³/mol. The smallest absolute Gasteiger partial charge is 0.407 e. The van der Waals surface area contributed by atoms with Gasteiger partial charge in [0.2, 0.25) is 0 Å². The van der Waals surface area contributed by atoms with Crippen LogP contribution in [0.3, 0.4) is 0 Å². The number of hydrogen-bond donors (Lipinski definition) is 1. The van der Waals surface area contributed by atoms with Crippen LogP contribution in [-0.4, -0.2) is 32.5 Å². The molecule has 0 heterocycles. The Morgan fingerprint density at radius 1 is 1.31 bits per heavy atom. The van der Waals surface area contributed by atoms with E-state index in [4.69, 9.17) is 4.74 Å². The van der Waals surface area contributed by atoms with Crippen LogP contribution >= 0.6 is 0 Å².